The highest BCUT2D eigenvalue weighted by Gasteiger charge is 2.23. The molecule has 5 rings (SSSR count). The lowest BCUT2D eigenvalue weighted by Gasteiger charge is -2.20. The zero-order valence-electron chi connectivity index (χ0n) is 21.3. The van der Waals surface area contributed by atoms with Gasteiger partial charge in [0.2, 0.25) is 0 Å². The molecule has 0 saturated carbocycles. The molecule has 0 amide bonds. The Morgan fingerprint density at radius 3 is 2.00 bits per heavy atom. The molecule has 1 aromatic heterocycles. The summed E-state index contributed by atoms with van der Waals surface area (Å²) >= 11 is 0. The first-order valence-electron chi connectivity index (χ1n) is 12.7. The smallest absolute Gasteiger partial charge is 0.0843 e. The molecular formula is C33H34N2O. The summed E-state index contributed by atoms with van der Waals surface area (Å²) in [5, 5.41) is 16.0. The molecule has 0 aliphatic heterocycles. The van der Waals surface area contributed by atoms with Crippen molar-refractivity contribution in [1.82, 2.24) is 9.88 Å². The van der Waals surface area contributed by atoms with E-state index in [1.54, 1.807) is 0 Å². The molecule has 0 saturated heterocycles. The first-order valence-corrected chi connectivity index (χ1v) is 12.7. The van der Waals surface area contributed by atoms with Crippen molar-refractivity contribution in [2.45, 2.75) is 39.5 Å². The van der Waals surface area contributed by atoms with Crippen LogP contribution < -0.4 is 5.32 Å². The van der Waals surface area contributed by atoms with Crippen LogP contribution in [0.25, 0.3) is 33.3 Å². The van der Waals surface area contributed by atoms with Crippen molar-refractivity contribution in [3.8, 4) is 22.4 Å². The molecule has 182 valence electrons. The minimum absolute atomic E-state index is 0.167. The van der Waals surface area contributed by atoms with Gasteiger partial charge in [-0.1, -0.05) is 103 Å². The summed E-state index contributed by atoms with van der Waals surface area (Å²) in [7, 11) is 0. The van der Waals surface area contributed by atoms with Gasteiger partial charge in [-0.05, 0) is 49.1 Å². The second-order valence-corrected chi connectivity index (χ2v) is 9.74. The summed E-state index contributed by atoms with van der Waals surface area (Å²) in [6.07, 6.45) is -0.543. The number of hydrogen-bond donors (Lipinski definition) is 2. The highest BCUT2D eigenvalue weighted by Crippen LogP contribution is 2.42. The maximum Gasteiger partial charge on any atom is 0.0843 e. The van der Waals surface area contributed by atoms with Gasteiger partial charge in [0.1, 0.15) is 0 Å². The molecule has 0 aliphatic rings. The molecule has 0 fully saturated rings. The van der Waals surface area contributed by atoms with Crippen molar-refractivity contribution in [2.75, 3.05) is 6.54 Å². The lowest BCUT2D eigenvalue weighted by molar-refractivity contribution is 0.150. The first-order chi connectivity index (χ1) is 17.5. The number of benzene rings is 4. The van der Waals surface area contributed by atoms with Crippen LogP contribution in [0.4, 0.5) is 0 Å². The molecule has 5 aromatic rings. The fourth-order valence-electron chi connectivity index (χ4n) is 5.31. The maximum absolute atomic E-state index is 11.3. The molecular weight excluding hydrogens is 440 g/mol. The molecule has 0 aliphatic carbocycles. The van der Waals surface area contributed by atoms with Crippen LogP contribution in [0.3, 0.4) is 0 Å². The summed E-state index contributed by atoms with van der Waals surface area (Å²) in [5.74, 6) is 0. The quantitative estimate of drug-likeness (QED) is 0.247. The van der Waals surface area contributed by atoms with E-state index in [-0.39, 0.29) is 6.04 Å². The number of aliphatic hydroxyl groups excluding tert-OH is 1. The normalized spacial score (nSPS) is 13.1. The molecule has 36 heavy (non-hydrogen) atoms. The predicted molar refractivity (Wildman–Crippen MR) is 151 cm³/mol. The van der Waals surface area contributed by atoms with E-state index in [0.717, 1.165) is 11.3 Å². The van der Waals surface area contributed by atoms with Crippen molar-refractivity contribution < 1.29 is 5.11 Å². The fraction of sp³-hybridized carbons (Fsp3) is 0.212. The Morgan fingerprint density at radius 2 is 1.36 bits per heavy atom. The van der Waals surface area contributed by atoms with Crippen LogP contribution in [0.1, 0.15) is 29.7 Å². The predicted octanol–water partition coefficient (Wildman–Crippen LogP) is 7.30. The Kier molecular flexibility index (Phi) is 7.04. The largest absolute Gasteiger partial charge is 0.390 e. The lowest BCUT2D eigenvalue weighted by Crippen LogP contribution is -2.32. The third-order valence-corrected chi connectivity index (χ3v) is 6.95. The molecule has 3 heteroatoms. The standard InChI is InChI=1S/C33H34N2O/c1-23-19-24(2)32-30(20-23)31(27-15-9-5-10-16-27)33(28-17-11-6-12-18-28)35(32)22-29(36)21-34-25(3)26-13-7-4-8-14-26/h4-20,25,29,34,36H,21-22H2,1-3H3/t25-,29+/m0/s1. The van der Waals surface area contributed by atoms with Gasteiger partial charge in [-0.3, -0.25) is 0 Å². The Labute approximate surface area is 214 Å². The van der Waals surface area contributed by atoms with Crippen LogP contribution in [0.5, 0.6) is 0 Å². The van der Waals surface area contributed by atoms with Gasteiger partial charge < -0.3 is 15.0 Å². The fourth-order valence-corrected chi connectivity index (χ4v) is 5.31. The summed E-state index contributed by atoms with van der Waals surface area (Å²) in [5.41, 5.74) is 9.60. The Morgan fingerprint density at radius 1 is 0.778 bits per heavy atom. The van der Waals surface area contributed by atoms with Crippen molar-refractivity contribution in [3.63, 3.8) is 0 Å². The Bertz CT molecular complexity index is 1440. The Balaban J connectivity index is 1.60. The number of hydrogen-bond acceptors (Lipinski definition) is 2. The monoisotopic (exact) mass is 474 g/mol. The summed E-state index contributed by atoms with van der Waals surface area (Å²) in [4.78, 5) is 0. The van der Waals surface area contributed by atoms with Crippen LogP contribution in [0, 0.1) is 13.8 Å². The van der Waals surface area contributed by atoms with E-state index >= 15 is 0 Å². The number of nitrogens with one attached hydrogen (secondary N) is 1. The number of nitrogens with zero attached hydrogens (tertiary/aromatic N) is 1. The molecule has 0 unspecified atom stereocenters. The van der Waals surface area contributed by atoms with E-state index in [1.165, 1.54) is 38.7 Å². The lowest BCUT2D eigenvalue weighted by atomic mass is 9.97. The number of aromatic nitrogens is 1. The minimum atomic E-state index is -0.543. The second kappa shape index (κ2) is 10.5. The average molecular weight is 475 g/mol. The molecule has 0 spiro atoms. The van der Waals surface area contributed by atoms with Gasteiger partial charge in [0.15, 0.2) is 0 Å². The number of fused-ring (bicyclic) bond motifs is 1. The van der Waals surface area contributed by atoms with Crippen LogP contribution >= 0.6 is 0 Å². The van der Waals surface area contributed by atoms with E-state index < -0.39 is 6.10 Å². The number of rotatable bonds is 8. The van der Waals surface area contributed by atoms with E-state index in [0.29, 0.717) is 13.1 Å². The van der Waals surface area contributed by atoms with Gasteiger partial charge in [-0.25, -0.2) is 0 Å². The van der Waals surface area contributed by atoms with E-state index in [4.69, 9.17) is 0 Å². The van der Waals surface area contributed by atoms with Gasteiger partial charge in [0, 0.05) is 23.5 Å². The molecule has 0 bridgehead atoms. The topological polar surface area (TPSA) is 37.2 Å². The minimum Gasteiger partial charge on any atom is -0.390 e. The SMILES string of the molecule is Cc1cc(C)c2c(c1)c(-c1ccccc1)c(-c1ccccc1)n2C[C@H](O)CN[C@@H](C)c1ccccc1. The molecule has 3 nitrogen and oxygen atoms in total. The van der Waals surface area contributed by atoms with Crippen LogP contribution in [0.2, 0.25) is 0 Å². The first kappa shape index (κ1) is 24.1. The number of aryl methyl sites for hydroxylation is 2. The van der Waals surface area contributed by atoms with Gasteiger partial charge in [0.25, 0.3) is 0 Å². The maximum atomic E-state index is 11.3. The summed E-state index contributed by atoms with van der Waals surface area (Å²) in [6.45, 7) is 7.49. The molecule has 0 radical (unpaired) electrons. The highest BCUT2D eigenvalue weighted by molar-refractivity contribution is 6.06. The van der Waals surface area contributed by atoms with Crippen molar-refractivity contribution in [1.29, 1.82) is 0 Å². The average Bonchev–Trinajstić information content (AvgIpc) is 3.22. The molecule has 2 N–H and O–H groups in total. The summed E-state index contributed by atoms with van der Waals surface area (Å²) in [6, 6.07) is 36.3. The zero-order valence-corrected chi connectivity index (χ0v) is 21.3. The molecule has 2 atom stereocenters. The Hall–Kier alpha value is -3.66. The summed E-state index contributed by atoms with van der Waals surface area (Å²) < 4.78 is 2.33. The van der Waals surface area contributed by atoms with E-state index in [9.17, 15) is 5.11 Å². The third kappa shape index (κ3) is 4.86. The second-order valence-electron chi connectivity index (χ2n) is 9.74. The van der Waals surface area contributed by atoms with Crippen LogP contribution in [-0.2, 0) is 6.54 Å². The van der Waals surface area contributed by atoms with Crippen LogP contribution in [-0.4, -0.2) is 22.3 Å². The number of aliphatic hydroxyl groups is 1. The van der Waals surface area contributed by atoms with Gasteiger partial charge >= 0.3 is 0 Å². The van der Waals surface area contributed by atoms with Crippen molar-refractivity contribution >= 4 is 10.9 Å². The molecule has 4 aromatic carbocycles. The van der Waals surface area contributed by atoms with Crippen LogP contribution in [0.15, 0.2) is 103 Å². The van der Waals surface area contributed by atoms with Crippen molar-refractivity contribution in [3.05, 3.63) is 120 Å². The highest BCUT2D eigenvalue weighted by atomic mass is 16.3. The van der Waals surface area contributed by atoms with E-state index in [2.05, 4.69) is 128 Å². The van der Waals surface area contributed by atoms with Gasteiger partial charge in [-0.15, -0.1) is 0 Å². The third-order valence-electron chi connectivity index (χ3n) is 6.95. The molecule has 1 heterocycles. The van der Waals surface area contributed by atoms with E-state index in [1.807, 2.05) is 6.07 Å². The van der Waals surface area contributed by atoms with Gasteiger partial charge in [-0.2, -0.15) is 0 Å². The van der Waals surface area contributed by atoms with Crippen molar-refractivity contribution in [2.24, 2.45) is 0 Å². The zero-order chi connectivity index (χ0) is 25.1. The van der Waals surface area contributed by atoms with Gasteiger partial charge in [0.05, 0.1) is 23.9 Å².